The Morgan fingerprint density at radius 1 is 1.19 bits per heavy atom. The molecule has 0 radical (unpaired) electrons. The molecule has 1 aliphatic heterocycles. The van der Waals surface area contributed by atoms with Gasteiger partial charge in [-0.2, -0.15) is 17.6 Å². The molecule has 37 heavy (non-hydrogen) atoms. The van der Waals surface area contributed by atoms with E-state index in [1.807, 2.05) is 4.90 Å². The number of alkyl halides is 3. The summed E-state index contributed by atoms with van der Waals surface area (Å²) in [6, 6.07) is 4.86. The second-order valence-electron chi connectivity index (χ2n) is 10.3. The van der Waals surface area contributed by atoms with Crippen molar-refractivity contribution in [3.63, 3.8) is 0 Å². The summed E-state index contributed by atoms with van der Waals surface area (Å²) in [4.78, 5) is 23.5. The number of carbonyl (C=O) groups excluding carboxylic acids is 1. The van der Waals surface area contributed by atoms with Crippen LogP contribution >= 0.6 is 0 Å². The largest absolute Gasteiger partial charge is 0.416 e. The zero-order valence-corrected chi connectivity index (χ0v) is 20.8. The van der Waals surface area contributed by atoms with Gasteiger partial charge >= 0.3 is 6.18 Å². The molecule has 1 aromatic heterocycles. The number of aliphatic hydroxyl groups excluding tert-OH is 1. The minimum Gasteiger partial charge on any atom is -0.391 e. The van der Waals surface area contributed by atoms with Crippen LogP contribution in [0, 0.1) is 11.7 Å². The van der Waals surface area contributed by atoms with Crippen molar-refractivity contribution in [3.05, 3.63) is 47.5 Å². The zero-order valence-electron chi connectivity index (χ0n) is 20.8. The van der Waals surface area contributed by atoms with Gasteiger partial charge in [0, 0.05) is 36.9 Å². The molecule has 2 aromatic rings. The van der Waals surface area contributed by atoms with Gasteiger partial charge in [-0.15, -0.1) is 0 Å². The number of primary amides is 1. The lowest BCUT2D eigenvalue weighted by molar-refractivity contribution is -0.137. The Balaban J connectivity index is 1.43. The molecule has 4 rings (SSSR count). The molecular weight excluding hydrogens is 490 g/mol. The van der Waals surface area contributed by atoms with E-state index in [1.54, 1.807) is 20.6 Å². The van der Waals surface area contributed by atoms with Crippen molar-refractivity contribution in [2.75, 3.05) is 29.9 Å². The Morgan fingerprint density at radius 2 is 1.86 bits per heavy atom. The lowest BCUT2D eigenvalue weighted by Gasteiger charge is -2.43. The fourth-order valence-corrected chi connectivity index (χ4v) is 4.55. The Labute approximate surface area is 214 Å². The SMILES string of the molecule is BC(B)(C(N)=O)N1CC[C@@H](CNc2ncnc(N(Cc3ccc(C(F)(F)F)cc3)C3CC3)c2F)[C@H](O)C1. The lowest BCUT2D eigenvalue weighted by atomic mass is 9.59. The zero-order chi connectivity index (χ0) is 27.0. The van der Waals surface area contributed by atoms with E-state index in [1.165, 1.54) is 18.5 Å². The predicted octanol–water partition coefficient (Wildman–Crippen LogP) is 0.303. The highest BCUT2D eigenvalue weighted by Gasteiger charge is 2.39. The molecule has 14 heteroatoms. The van der Waals surface area contributed by atoms with Gasteiger partial charge in [-0.3, -0.25) is 4.79 Å². The second kappa shape index (κ2) is 10.5. The van der Waals surface area contributed by atoms with Crippen LogP contribution in [0.15, 0.2) is 30.6 Å². The summed E-state index contributed by atoms with van der Waals surface area (Å²) in [6.07, 6.45) is -1.68. The van der Waals surface area contributed by atoms with E-state index in [2.05, 4.69) is 15.3 Å². The Morgan fingerprint density at radius 3 is 2.43 bits per heavy atom. The fraction of sp³-hybridized carbons (Fsp3) is 0.522. The highest BCUT2D eigenvalue weighted by Crippen LogP contribution is 2.35. The summed E-state index contributed by atoms with van der Waals surface area (Å²) in [6.45, 7) is 1.30. The topological polar surface area (TPSA) is 108 Å². The van der Waals surface area contributed by atoms with Crippen molar-refractivity contribution in [2.45, 2.75) is 49.5 Å². The molecule has 198 valence electrons. The lowest BCUT2D eigenvalue weighted by Crippen LogP contribution is -2.63. The number of nitrogens with zero attached hydrogens (tertiary/aromatic N) is 4. The van der Waals surface area contributed by atoms with Gasteiger partial charge in [0.25, 0.3) is 0 Å². The average Bonchev–Trinajstić information content (AvgIpc) is 3.68. The molecule has 2 atom stereocenters. The molecule has 1 saturated heterocycles. The first-order chi connectivity index (χ1) is 17.4. The van der Waals surface area contributed by atoms with Crippen LogP contribution in [0.1, 0.15) is 30.4 Å². The van der Waals surface area contributed by atoms with E-state index in [4.69, 9.17) is 5.73 Å². The monoisotopic (exact) mass is 520 g/mol. The van der Waals surface area contributed by atoms with E-state index >= 15 is 4.39 Å². The van der Waals surface area contributed by atoms with E-state index in [0.717, 1.165) is 25.0 Å². The van der Waals surface area contributed by atoms with Gasteiger partial charge in [-0.1, -0.05) is 12.1 Å². The van der Waals surface area contributed by atoms with E-state index in [0.29, 0.717) is 18.5 Å². The number of carbonyl (C=O) groups is 1. The van der Waals surface area contributed by atoms with E-state index in [-0.39, 0.29) is 43.2 Å². The maximum atomic E-state index is 15.5. The van der Waals surface area contributed by atoms with Crippen LogP contribution in [0.25, 0.3) is 0 Å². The summed E-state index contributed by atoms with van der Waals surface area (Å²) in [5.41, 5.74) is 5.37. The Hall–Kier alpha value is -2.86. The Kier molecular flexibility index (Phi) is 7.70. The number of aliphatic hydroxyl groups is 1. The molecule has 0 unspecified atom stereocenters. The molecular formula is C23H30B2F4N6O2. The summed E-state index contributed by atoms with van der Waals surface area (Å²) in [7, 11) is 3.43. The van der Waals surface area contributed by atoms with Crippen LogP contribution in [0.2, 0.25) is 0 Å². The first-order valence-corrected chi connectivity index (χ1v) is 12.3. The molecule has 4 N–H and O–H groups in total. The fourth-order valence-electron chi connectivity index (χ4n) is 4.55. The van der Waals surface area contributed by atoms with Crippen molar-refractivity contribution in [3.8, 4) is 0 Å². The predicted molar refractivity (Wildman–Crippen MR) is 136 cm³/mol. The summed E-state index contributed by atoms with van der Waals surface area (Å²) in [5.74, 6) is -1.23. The van der Waals surface area contributed by atoms with Crippen LogP contribution in [-0.4, -0.2) is 78.7 Å². The number of benzene rings is 1. The minimum absolute atomic E-state index is 0.00448. The molecule has 1 saturated carbocycles. The first kappa shape index (κ1) is 27.2. The molecule has 1 aromatic carbocycles. The maximum absolute atomic E-state index is 15.5. The maximum Gasteiger partial charge on any atom is 0.416 e. The molecule has 2 heterocycles. The molecule has 1 aliphatic carbocycles. The van der Waals surface area contributed by atoms with Crippen molar-refractivity contribution in [1.29, 1.82) is 0 Å². The van der Waals surface area contributed by atoms with Crippen LogP contribution in [0.4, 0.5) is 29.2 Å². The third-order valence-electron chi connectivity index (χ3n) is 7.31. The molecule has 0 bridgehead atoms. The summed E-state index contributed by atoms with van der Waals surface area (Å²) >= 11 is 0. The number of halogens is 4. The quantitative estimate of drug-likeness (QED) is 0.323. The molecule has 1 amide bonds. The summed E-state index contributed by atoms with van der Waals surface area (Å²) < 4.78 is 54.2. The second-order valence-corrected chi connectivity index (χ2v) is 10.3. The van der Waals surface area contributed by atoms with E-state index < -0.39 is 34.9 Å². The highest BCUT2D eigenvalue weighted by atomic mass is 19.4. The average molecular weight is 520 g/mol. The molecule has 2 aliphatic rings. The number of rotatable bonds is 9. The van der Waals surface area contributed by atoms with Gasteiger partial charge < -0.3 is 26.0 Å². The van der Waals surface area contributed by atoms with Crippen LogP contribution in [-0.2, 0) is 17.5 Å². The van der Waals surface area contributed by atoms with Gasteiger partial charge in [0.15, 0.2) is 11.6 Å². The number of nitrogens with two attached hydrogens (primary N) is 1. The number of piperidine rings is 1. The van der Waals surface area contributed by atoms with Crippen LogP contribution in [0.3, 0.4) is 0 Å². The molecule has 8 nitrogen and oxygen atoms in total. The molecule has 0 spiro atoms. The highest BCUT2D eigenvalue weighted by molar-refractivity contribution is 6.50. The van der Waals surface area contributed by atoms with Crippen molar-refractivity contribution >= 4 is 33.2 Å². The van der Waals surface area contributed by atoms with Gasteiger partial charge in [0.05, 0.1) is 11.7 Å². The number of amides is 1. The number of aromatic nitrogens is 2. The van der Waals surface area contributed by atoms with Crippen molar-refractivity contribution < 1.29 is 27.5 Å². The third-order valence-corrected chi connectivity index (χ3v) is 7.31. The Bertz CT molecular complexity index is 1120. The van der Waals surface area contributed by atoms with E-state index in [9.17, 15) is 23.1 Å². The molecule has 2 fully saturated rings. The number of anilines is 2. The summed E-state index contributed by atoms with van der Waals surface area (Å²) in [5, 5.41) is 12.8. The van der Waals surface area contributed by atoms with Crippen LogP contribution in [0.5, 0.6) is 0 Å². The first-order valence-electron chi connectivity index (χ1n) is 12.3. The van der Waals surface area contributed by atoms with Gasteiger partial charge in [0.1, 0.15) is 22.0 Å². The number of hydrogen-bond acceptors (Lipinski definition) is 7. The van der Waals surface area contributed by atoms with Gasteiger partial charge in [-0.25, -0.2) is 9.97 Å². The van der Waals surface area contributed by atoms with Gasteiger partial charge in [-0.05, 0) is 43.5 Å². The normalized spacial score (nSPS) is 21.0. The number of likely N-dealkylation sites (tertiary alicyclic amines) is 1. The smallest absolute Gasteiger partial charge is 0.391 e. The number of nitrogens with one attached hydrogen (secondary N) is 1. The van der Waals surface area contributed by atoms with Crippen molar-refractivity contribution in [2.24, 2.45) is 11.7 Å². The van der Waals surface area contributed by atoms with Gasteiger partial charge in [0.2, 0.25) is 11.7 Å². The van der Waals surface area contributed by atoms with Crippen molar-refractivity contribution in [1.82, 2.24) is 14.9 Å². The number of hydrogen-bond donors (Lipinski definition) is 3. The number of β-amino-alcohol motifs (C(OH)–C–C–N with tert-alkyl or cyclic N) is 1. The third kappa shape index (κ3) is 6.17. The standard InChI is InChI=1S/C23H30B2F4N6O2/c24-22(25,21(30)37)34-8-7-14(17(36)11-34)9-31-19-18(26)20(33-12-32-19)35(16-5-6-16)10-13-1-3-15(4-2-13)23(27,28)29/h1-4,12,14,16-17,36H,5-11,24-25H2,(H2,30,37)(H,31,32,33)/t14-,17+/m0/s1. The minimum atomic E-state index is -4.42. The van der Waals surface area contributed by atoms with Crippen LogP contribution < -0.4 is 16.0 Å².